The summed E-state index contributed by atoms with van der Waals surface area (Å²) in [6, 6.07) is 2.96. The van der Waals surface area contributed by atoms with E-state index >= 15 is 0 Å². The highest BCUT2D eigenvalue weighted by Crippen LogP contribution is 2.57. The number of aromatic amines is 3. The summed E-state index contributed by atoms with van der Waals surface area (Å²) >= 11 is 0. The molecule has 28 N–H and O–H groups in total. The summed E-state index contributed by atoms with van der Waals surface area (Å²) in [6.45, 7) is -7.82. The van der Waals surface area contributed by atoms with Crippen LogP contribution in [0.3, 0.4) is 0 Å². The molecule has 0 aromatic carbocycles. The Kier molecular flexibility index (Phi) is 25.5. The molecule has 0 bridgehead atoms. The van der Waals surface area contributed by atoms with Gasteiger partial charge in [0.15, 0.2) is 65.3 Å². The highest BCUT2D eigenvalue weighted by molar-refractivity contribution is 7.48. The van der Waals surface area contributed by atoms with Crippen molar-refractivity contribution in [1.29, 1.82) is 0 Å². The lowest BCUT2D eigenvalue weighted by molar-refractivity contribution is -0.0656. The molecule has 64 nitrogen and oxygen atoms in total. The van der Waals surface area contributed by atoms with E-state index < -0.39 is 294 Å². The third kappa shape index (κ3) is 18.6. The van der Waals surface area contributed by atoms with Gasteiger partial charge in [-0.1, -0.05) is 0 Å². The molecule has 6 saturated heterocycles. The summed E-state index contributed by atoms with van der Waals surface area (Å²) in [5, 5.41) is 91.2. The van der Waals surface area contributed by atoms with Gasteiger partial charge in [-0.25, -0.2) is 52.2 Å². The second-order valence-electron chi connectivity index (χ2n) is 28.1. The first kappa shape index (κ1) is 91.2. The SMILES string of the molecule is Nc1ccn([C@@H]2O[C@H](CO)[C@@H](OP(=O)(O)OC[C@H]3O[C@@H](n4cnc5c(N)[nH]c(=O)nc54)[C@H](O)[C@@H]3OP(=O)(O)OC[C@H]3O[C@@H](n4ccc(N)nc4=O)[C@H](O)[C@@H]3OP(=O)(O)OC[C@H]3O[C@@H](n4cnc5c(=O)[nH]c(N)nc54)[C@H](O)[C@@H]3OP(=O)(O)OC[C@H]3O[C@@H](n4ccc(=O)nc4N)[C@H](O)[C@@H]3OP(=O)(O)OC[C@H]3O[C@@H](n4cnc5c(=O)[nH]c(N)nc54)[C@H](O)[C@@H]3O)[C@H]2O)c(=O)n1. The fourth-order valence-corrected chi connectivity index (χ4v) is 19.0. The molecule has 6 aliphatic rings. The molecule has 5 unspecified atom stereocenters. The Labute approximate surface area is 694 Å². The summed E-state index contributed by atoms with van der Waals surface area (Å²) < 4.78 is 164. The standard InChI is InChI=1S/C57H73N24O40P5/c58-22-1-4-77(56(94)67-22)48-30(86)35(16(7-82)111-48)117-123(98,99)107-11-20-38(33(89)50(115-20)79-13-64-25-40(60)70-55(93)73-41(25)79)120-126(104,105)109-10-19-37(32(88)49(114-19)78-5-2-23(59)68-57(78)95)119-124(100,101)110-12-21-39(34(90)51(116-21)81-15-66-27-43(81)72-53(62)75-45(27)92)121-125(102,103)108-9-18-36(31(87)47(113-18)76-6-3-24(83)69-54(76)63)118-122(96,97)106-8-17-28(84)29(85)46(112-17)80-14-65-26-42(80)71-52(61)74-44(26)91/h1-6,13-21,28-39,46-51,82,84-90H,7-12H2,(H,96,97)(H,98,99)(H,100,101)(H,102,103)(H,104,105)(H2,58,67,94)(H2,59,68,95)(H2,63,69,83)(H3,60,70,73,93)(H3,61,71,74,91)(H3,62,72,75,92)/t16-,17-,18-,19-,20-,21-,28-,29-,30-,31-,32-,33-,34-,35-,36-,37-,38-,39-,46-,47-,48-,49-,50-,51-/m1/s1. The molecule has 0 radical (unpaired) electrons. The minimum Gasteiger partial charge on any atom is -0.394 e. The van der Waals surface area contributed by atoms with Crippen molar-refractivity contribution in [2.45, 2.75) is 147 Å². The van der Waals surface area contributed by atoms with Gasteiger partial charge >= 0.3 is 56.2 Å². The number of aliphatic hydroxyl groups excluding tert-OH is 8. The van der Waals surface area contributed by atoms with Crippen molar-refractivity contribution >= 4 is 108 Å². The molecule has 0 amide bonds. The molecule has 0 spiro atoms. The lowest BCUT2D eigenvalue weighted by Crippen LogP contribution is -2.39. The van der Waals surface area contributed by atoms with Gasteiger partial charge in [0.25, 0.3) is 16.7 Å². The Balaban J connectivity index is 0.657. The number of rotatable bonds is 32. The third-order valence-electron chi connectivity index (χ3n) is 19.9. The second-order valence-corrected chi connectivity index (χ2v) is 35.2. The number of aromatic nitrogens is 18. The largest absolute Gasteiger partial charge is 0.472 e. The Hall–Kier alpha value is -9.52. The Morgan fingerprint density at radius 1 is 0.365 bits per heavy atom. The number of fused-ring (bicyclic) bond motifs is 3. The van der Waals surface area contributed by atoms with Gasteiger partial charge in [-0.2, -0.15) is 29.9 Å². The van der Waals surface area contributed by atoms with E-state index in [0.717, 1.165) is 74.0 Å². The molecule has 9 aromatic rings. The number of nitrogens with one attached hydrogen (secondary N) is 3. The summed E-state index contributed by atoms with van der Waals surface area (Å²) in [5.74, 6) is -2.59. The fraction of sp³-hybridized carbons (Fsp3) is 0.526. The van der Waals surface area contributed by atoms with Gasteiger partial charge in [0.05, 0.1) is 58.6 Å². The zero-order valence-corrected chi connectivity index (χ0v) is 67.5. The number of phosphoric acid groups is 5. The van der Waals surface area contributed by atoms with Gasteiger partial charge in [0.1, 0.15) is 133 Å². The first-order valence-electron chi connectivity index (χ1n) is 36.2. The van der Waals surface area contributed by atoms with Crippen LogP contribution in [0.4, 0.5) is 35.3 Å². The third-order valence-corrected chi connectivity index (χ3v) is 24.9. The van der Waals surface area contributed by atoms with Crippen LogP contribution in [-0.2, 0) is 96.5 Å². The maximum atomic E-state index is 14.5. The lowest BCUT2D eigenvalue weighted by Gasteiger charge is -2.27. The van der Waals surface area contributed by atoms with Crippen molar-refractivity contribution in [1.82, 2.24) is 87.2 Å². The number of hydrogen-bond donors (Lipinski definition) is 22. The summed E-state index contributed by atoms with van der Waals surface area (Å²) in [7, 11) is -29.4. The van der Waals surface area contributed by atoms with Gasteiger partial charge in [-0.15, -0.1) is 0 Å². The number of aliphatic hydroxyl groups is 8. The highest BCUT2D eigenvalue weighted by atomic mass is 31.2. The first-order chi connectivity index (χ1) is 59.3. The van der Waals surface area contributed by atoms with Crippen LogP contribution < -0.4 is 68.1 Å². The molecule has 15 rings (SSSR count). The van der Waals surface area contributed by atoms with Crippen molar-refractivity contribution < 1.29 is 162 Å². The number of hydrogen-bond acceptors (Lipinski definition) is 50. The topological polar surface area (TPSA) is 948 Å². The molecule has 126 heavy (non-hydrogen) atoms. The van der Waals surface area contributed by atoms with Crippen molar-refractivity contribution in [2.75, 3.05) is 74.0 Å². The van der Waals surface area contributed by atoms with Crippen LogP contribution in [0.25, 0.3) is 33.5 Å². The zero-order chi connectivity index (χ0) is 90.6. The van der Waals surface area contributed by atoms with E-state index in [0.29, 0.717) is 9.13 Å². The first-order valence-corrected chi connectivity index (χ1v) is 43.6. The minimum atomic E-state index is -6.05. The predicted octanol–water partition coefficient (Wildman–Crippen LogP) is -9.94. The Bertz CT molecular complexity index is 6260. The minimum absolute atomic E-state index is 0.214. The van der Waals surface area contributed by atoms with Crippen LogP contribution >= 0.6 is 39.1 Å². The smallest absolute Gasteiger partial charge is 0.394 e. The summed E-state index contributed by atoms with van der Waals surface area (Å²) in [5.41, 5.74) is 26.6. The number of H-pyrrole nitrogens is 3. The average molecular weight is 1890 g/mol. The quantitative estimate of drug-likeness (QED) is 0.0174. The molecule has 69 heteroatoms. The second kappa shape index (κ2) is 35.2. The molecule has 6 fully saturated rings. The molecule has 15 heterocycles. The number of ether oxygens (including phenoxy) is 6. The fourth-order valence-electron chi connectivity index (χ4n) is 14.2. The van der Waals surface area contributed by atoms with Crippen LogP contribution in [-0.4, -0.2) is 302 Å². The summed E-state index contributed by atoms with van der Waals surface area (Å²) in [4.78, 5) is 174. The van der Waals surface area contributed by atoms with Crippen LogP contribution in [0.1, 0.15) is 37.4 Å². The van der Waals surface area contributed by atoms with E-state index in [1.807, 2.05) is 0 Å². The molecular weight excluding hydrogens is 1820 g/mol. The number of nitrogens with zero attached hydrogens (tertiary/aromatic N) is 15. The van der Waals surface area contributed by atoms with Gasteiger partial charge in [0, 0.05) is 24.7 Å². The zero-order valence-electron chi connectivity index (χ0n) is 63.0. The van der Waals surface area contributed by atoms with E-state index in [1.54, 1.807) is 0 Å². The maximum Gasteiger partial charge on any atom is 0.472 e. The number of anilines is 6. The number of imidazole rings is 3. The van der Waals surface area contributed by atoms with Crippen molar-refractivity contribution in [3.05, 3.63) is 118 Å². The predicted molar refractivity (Wildman–Crippen MR) is 402 cm³/mol. The van der Waals surface area contributed by atoms with Crippen molar-refractivity contribution in [3.63, 3.8) is 0 Å². The van der Waals surface area contributed by atoms with Crippen molar-refractivity contribution in [3.8, 4) is 0 Å². The van der Waals surface area contributed by atoms with Gasteiger partial charge < -0.3 is 128 Å². The Morgan fingerprint density at radius 3 is 1.04 bits per heavy atom. The van der Waals surface area contributed by atoms with E-state index in [2.05, 4.69) is 59.8 Å². The van der Waals surface area contributed by atoms with Crippen LogP contribution in [0.5, 0.6) is 0 Å². The normalized spacial score (nSPS) is 32.4. The Morgan fingerprint density at radius 2 is 0.675 bits per heavy atom. The summed E-state index contributed by atoms with van der Waals surface area (Å²) in [6.07, 6.45) is -44.4. The van der Waals surface area contributed by atoms with Gasteiger partial charge in [-0.3, -0.25) is 102 Å². The van der Waals surface area contributed by atoms with Crippen LogP contribution in [0, 0.1) is 0 Å². The molecule has 29 atom stereocenters. The van der Waals surface area contributed by atoms with Gasteiger partial charge in [0.2, 0.25) is 17.8 Å². The number of nitrogen functional groups attached to an aromatic ring is 6. The van der Waals surface area contributed by atoms with E-state index in [1.165, 1.54) is 0 Å². The van der Waals surface area contributed by atoms with Gasteiger partial charge in [-0.05, 0) is 12.1 Å². The van der Waals surface area contributed by atoms with E-state index in [9.17, 15) is 117 Å². The highest BCUT2D eigenvalue weighted by Gasteiger charge is 2.58. The van der Waals surface area contributed by atoms with Crippen LogP contribution in [0.15, 0.2) is 84.5 Å². The molecule has 0 aliphatic carbocycles. The molecule has 0 saturated carbocycles. The maximum absolute atomic E-state index is 14.5. The van der Waals surface area contributed by atoms with E-state index in [4.69, 9.17) is 108 Å². The number of nitrogens with two attached hydrogens (primary N) is 6. The molecule has 6 aliphatic heterocycles. The number of phosphoric ester groups is 5. The van der Waals surface area contributed by atoms with Crippen molar-refractivity contribution in [2.24, 2.45) is 0 Å². The molecular formula is C57H73N24O40P5. The lowest BCUT2D eigenvalue weighted by atomic mass is 10.1. The average Bonchev–Trinajstić information content (AvgIpc) is 1.62. The van der Waals surface area contributed by atoms with Crippen LogP contribution in [0.2, 0.25) is 0 Å². The molecule has 686 valence electrons. The monoisotopic (exact) mass is 1890 g/mol. The molecule has 9 aromatic heterocycles. The van der Waals surface area contributed by atoms with E-state index in [-0.39, 0.29) is 34.3 Å².